The first kappa shape index (κ1) is 19.0. The van der Waals surface area contributed by atoms with Crippen LogP contribution in [0.4, 0.5) is 5.69 Å². The smallest absolute Gasteiger partial charge is 0.248 e. The van der Waals surface area contributed by atoms with Gasteiger partial charge in [-0.2, -0.15) is 0 Å². The molecule has 0 spiro atoms. The number of benzene rings is 2. The van der Waals surface area contributed by atoms with Gasteiger partial charge in [0.05, 0.1) is 10.9 Å². The molecule has 0 aliphatic carbocycles. The van der Waals surface area contributed by atoms with Crippen molar-refractivity contribution in [2.24, 2.45) is 0 Å². The molecule has 5 heteroatoms. The van der Waals surface area contributed by atoms with Crippen LogP contribution < -0.4 is 10.7 Å². The fourth-order valence-corrected chi connectivity index (χ4v) is 3.45. The highest BCUT2D eigenvalue weighted by atomic mass is 32.2. The third-order valence-electron chi connectivity index (χ3n) is 3.86. The second-order valence-corrected chi connectivity index (χ2v) is 8.18. The third-order valence-corrected chi connectivity index (χ3v) is 4.88. The lowest BCUT2D eigenvalue weighted by Crippen LogP contribution is -2.09. The molecule has 4 nitrogen and oxygen atoms in total. The Bertz CT molecular complexity index is 1050. The maximum Gasteiger partial charge on any atom is 0.248 e. The van der Waals surface area contributed by atoms with Crippen molar-refractivity contribution in [1.29, 1.82) is 0 Å². The zero-order valence-corrected chi connectivity index (χ0v) is 16.3. The summed E-state index contributed by atoms with van der Waals surface area (Å²) < 4.78 is 5.49. The summed E-state index contributed by atoms with van der Waals surface area (Å²) in [6.45, 7) is 6.19. The van der Waals surface area contributed by atoms with E-state index < -0.39 is 0 Å². The summed E-state index contributed by atoms with van der Waals surface area (Å²) in [4.78, 5) is 25.8. The summed E-state index contributed by atoms with van der Waals surface area (Å²) in [7, 11) is 0. The minimum Gasteiger partial charge on any atom is -0.463 e. The monoisotopic (exact) mass is 379 g/mol. The summed E-state index contributed by atoms with van der Waals surface area (Å²) in [5, 5.41) is 3.81. The Morgan fingerprint density at radius 2 is 1.89 bits per heavy atom. The van der Waals surface area contributed by atoms with Crippen LogP contribution in [0.2, 0.25) is 0 Å². The Labute approximate surface area is 162 Å². The molecular weight excluding hydrogens is 358 g/mol. The van der Waals surface area contributed by atoms with E-state index in [2.05, 4.69) is 19.2 Å². The van der Waals surface area contributed by atoms with Crippen molar-refractivity contribution in [3.05, 3.63) is 76.2 Å². The van der Waals surface area contributed by atoms with Crippen LogP contribution in [0, 0.1) is 6.92 Å². The molecule has 3 aromatic rings. The molecule has 0 fully saturated rings. The molecule has 0 saturated heterocycles. The number of aryl methyl sites for hydroxylation is 1. The van der Waals surface area contributed by atoms with Gasteiger partial charge in [0, 0.05) is 21.9 Å². The Hall–Kier alpha value is -2.79. The van der Waals surface area contributed by atoms with Gasteiger partial charge in [-0.15, -0.1) is 11.8 Å². The van der Waals surface area contributed by atoms with Crippen LogP contribution in [-0.2, 0) is 4.79 Å². The maximum atomic E-state index is 12.5. The number of amides is 1. The van der Waals surface area contributed by atoms with Crippen LogP contribution in [0.3, 0.4) is 0 Å². The molecule has 1 heterocycles. The number of thioether (sulfide) groups is 1. The zero-order chi connectivity index (χ0) is 19.4. The van der Waals surface area contributed by atoms with Crippen molar-refractivity contribution in [2.75, 3.05) is 5.32 Å². The molecule has 1 amide bonds. The van der Waals surface area contributed by atoms with Gasteiger partial charge in [0.15, 0.2) is 5.43 Å². The molecule has 3 rings (SSSR count). The van der Waals surface area contributed by atoms with E-state index in [0.717, 1.165) is 10.5 Å². The van der Waals surface area contributed by atoms with E-state index in [4.69, 9.17) is 4.42 Å². The van der Waals surface area contributed by atoms with Crippen molar-refractivity contribution in [2.45, 2.75) is 30.9 Å². The van der Waals surface area contributed by atoms with Crippen LogP contribution in [0.1, 0.15) is 25.0 Å². The molecule has 0 aliphatic rings. The van der Waals surface area contributed by atoms with Crippen molar-refractivity contribution in [3.8, 4) is 0 Å². The van der Waals surface area contributed by atoms with Crippen LogP contribution >= 0.6 is 11.8 Å². The number of hydrogen-bond acceptors (Lipinski definition) is 4. The highest BCUT2D eigenvalue weighted by Gasteiger charge is 2.06. The van der Waals surface area contributed by atoms with Gasteiger partial charge in [0.25, 0.3) is 0 Å². The third kappa shape index (κ3) is 4.89. The summed E-state index contributed by atoms with van der Waals surface area (Å²) in [5.41, 5.74) is 2.41. The fourth-order valence-electron chi connectivity index (χ4n) is 2.61. The van der Waals surface area contributed by atoms with Gasteiger partial charge in [-0.3, -0.25) is 9.59 Å². The molecule has 0 unspecified atom stereocenters. The van der Waals surface area contributed by atoms with Crippen LogP contribution in [-0.4, -0.2) is 11.2 Å². The van der Waals surface area contributed by atoms with E-state index >= 15 is 0 Å². The number of rotatable bonds is 5. The number of hydrogen-bond donors (Lipinski definition) is 1. The van der Waals surface area contributed by atoms with Gasteiger partial charge in [0.2, 0.25) is 5.91 Å². The first-order chi connectivity index (χ1) is 12.9. The fraction of sp³-hybridized carbons (Fsp3) is 0.182. The minimum absolute atomic E-state index is 0.154. The summed E-state index contributed by atoms with van der Waals surface area (Å²) in [6, 6.07) is 13.1. The molecule has 0 saturated carbocycles. The number of anilines is 1. The molecule has 0 atom stereocenters. The van der Waals surface area contributed by atoms with Crippen molar-refractivity contribution in [1.82, 2.24) is 0 Å². The molecule has 1 N–H and O–H groups in total. The second kappa shape index (κ2) is 8.27. The Balaban J connectivity index is 1.72. The Morgan fingerprint density at radius 3 is 2.59 bits per heavy atom. The van der Waals surface area contributed by atoms with Crippen LogP contribution in [0.15, 0.2) is 68.9 Å². The van der Waals surface area contributed by atoms with E-state index in [0.29, 0.717) is 27.5 Å². The lowest BCUT2D eigenvalue weighted by atomic mass is 10.1. The first-order valence-corrected chi connectivity index (χ1v) is 9.58. The topological polar surface area (TPSA) is 59.3 Å². The SMILES string of the molecule is Cc1ccc2occ(/C=C/C(=O)Nc3ccc(SC(C)C)cc3)c(=O)c2c1. The van der Waals surface area contributed by atoms with Crippen molar-refractivity contribution < 1.29 is 9.21 Å². The van der Waals surface area contributed by atoms with Crippen molar-refractivity contribution in [3.63, 3.8) is 0 Å². The van der Waals surface area contributed by atoms with Gasteiger partial charge < -0.3 is 9.73 Å². The van der Waals surface area contributed by atoms with Gasteiger partial charge in [-0.1, -0.05) is 25.5 Å². The highest BCUT2D eigenvalue weighted by molar-refractivity contribution is 7.99. The lowest BCUT2D eigenvalue weighted by molar-refractivity contribution is -0.111. The number of fused-ring (bicyclic) bond motifs is 1. The molecule has 1 aromatic heterocycles. The zero-order valence-electron chi connectivity index (χ0n) is 15.5. The minimum atomic E-state index is -0.303. The van der Waals surface area contributed by atoms with E-state index in [-0.39, 0.29) is 11.3 Å². The maximum absolute atomic E-state index is 12.5. The first-order valence-electron chi connectivity index (χ1n) is 8.70. The van der Waals surface area contributed by atoms with E-state index in [1.807, 2.05) is 37.3 Å². The second-order valence-electron chi connectivity index (χ2n) is 6.53. The van der Waals surface area contributed by atoms with E-state index in [9.17, 15) is 9.59 Å². The number of carbonyl (C=O) groups excluding carboxylic acids is 1. The Morgan fingerprint density at radius 1 is 1.15 bits per heavy atom. The molecular formula is C22H21NO3S. The largest absolute Gasteiger partial charge is 0.463 e. The van der Waals surface area contributed by atoms with Crippen LogP contribution in [0.25, 0.3) is 17.0 Å². The van der Waals surface area contributed by atoms with Crippen molar-refractivity contribution >= 4 is 40.4 Å². The summed E-state index contributed by atoms with van der Waals surface area (Å²) >= 11 is 1.77. The van der Waals surface area contributed by atoms with E-state index in [1.165, 1.54) is 18.4 Å². The molecule has 27 heavy (non-hydrogen) atoms. The van der Waals surface area contributed by atoms with Gasteiger partial charge in [-0.25, -0.2) is 0 Å². The van der Waals surface area contributed by atoms with Gasteiger partial charge in [-0.05, 0) is 49.4 Å². The summed E-state index contributed by atoms with van der Waals surface area (Å²) in [6.07, 6.45) is 4.19. The predicted octanol–water partition coefficient (Wildman–Crippen LogP) is 5.25. The molecule has 138 valence electrons. The number of carbonyl (C=O) groups is 1. The van der Waals surface area contributed by atoms with Crippen LogP contribution in [0.5, 0.6) is 0 Å². The standard InChI is InChI=1S/C22H21NO3S/c1-14(2)27-18-8-6-17(7-9-18)23-21(24)11-5-16-13-26-20-10-4-15(3)12-19(20)22(16)25/h4-14H,1-3H3,(H,23,24)/b11-5+. The van der Waals surface area contributed by atoms with Gasteiger partial charge >= 0.3 is 0 Å². The Kier molecular flexibility index (Phi) is 5.81. The predicted molar refractivity (Wildman–Crippen MR) is 112 cm³/mol. The molecule has 2 aromatic carbocycles. The lowest BCUT2D eigenvalue weighted by Gasteiger charge is -2.06. The number of nitrogens with one attached hydrogen (secondary N) is 1. The summed E-state index contributed by atoms with van der Waals surface area (Å²) in [5.74, 6) is -0.303. The molecule has 0 radical (unpaired) electrons. The quantitative estimate of drug-likeness (QED) is 0.486. The van der Waals surface area contributed by atoms with Gasteiger partial charge in [0.1, 0.15) is 11.8 Å². The molecule has 0 aliphatic heterocycles. The average Bonchev–Trinajstić information content (AvgIpc) is 2.63. The highest BCUT2D eigenvalue weighted by Crippen LogP contribution is 2.24. The average molecular weight is 379 g/mol. The van der Waals surface area contributed by atoms with E-state index in [1.54, 1.807) is 23.9 Å². The molecule has 0 bridgehead atoms. The normalized spacial score (nSPS) is 11.4.